The summed E-state index contributed by atoms with van der Waals surface area (Å²) in [5, 5.41) is 2.63. The summed E-state index contributed by atoms with van der Waals surface area (Å²) in [4.78, 5) is 18.2. The molecule has 0 aliphatic carbocycles. The zero-order valence-corrected chi connectivity index (χ0v) is 16.9. The Morgan fingerprint density at radius 2 is 1.89 bits per heavy atom. The lowest BCUT2D eigenvalue weighted by Gasteiger charge is -2.22. The molecule has 0 spiro atoms. The maximum Gasteiger partial charge on any atom is 0.328 e. The molecule has 2 aromatic rings. The lowest BCUT2D eigenvalue weighted by atomic mass is 10.1. The summed E-state index contributed by atoms with van der Waals surface area (Å²) in [5.74, 6) is 0.0927. The van der Waals surface area contributed by atoms with Crippen molar-refractivity contribution >= 4 is 17.7 Å². The number of carbonyl (C=O) groups excluding carboxylic acids is 1. The van der Waals surface area contributed by atoms with Crippen molar-refractivity contribution in [1.29, 1.82) is 0 Å². The van der Waals surface area contributed by atoms with E-state index in [2.05, 4.69) is 29.4 Å². The van der Waals surface area contributed by atoms with Gasteiger partial charge in [0.2, 0.25) is 0 Å². The van der Waals surface area contributed by atoms with E-state index in [1.54, 1.807) is 11.9 Å². The molecule has 0 aromatic heterocycles. The third-order valence-corrected chi connectivity index (χ3v) is 4.47. The predicted molar refractivity (Wildman–Crippen MR) is 115 cm³/mol. The van der Waals surface area contributed by atoms with Crippen LogP contribution in [0.4, 0.5) is 10.5 Å². The molecule has 0 heterocycles. The van der Waals surface area contributed by atoms with Gasteiger partial charge in [-0.2, -0.15) is 0 Å². The Labute approximate surface area is 167 Å². The van der Waals surface area contributed by atoms with E-state index < -0.39 is 0 Å². The monoisotopic (exact) mass is 382 g/mol. The Hall–Kier alpha value is -2.86. The van der Waals surface area contributed by atoms with Gasteiger partial charge in [-0.05, 0) is 36.5 Å². The Bertz CT molecular complexity index is 790. The smallest absolute Gasteiger partial charge is 0.328 e. The number of aryl methyl sites for hydroxylation is 2. The Balaban J connectivity index is 1.77. The first-order valence-corrected chi connectivity index (χ1v) is 9.57. The summed E-state index contributed by atoms with van der Waals surface area (Å²) in [6.45, 7) is 5.54. The van der Waals surface area contributed by atoms with Crippen LogP contribution in [-0.4, -0.2) is 38.8 Å². The Kier molecular flexibility index (Phi) is 8.49. The minimum absolute atomic E-state index is 0.0927. The third-order valence-electron chi connectivity index (χ3n) is 4.47. The number of hydrogen-bond acceptors (Lipinski definition) is 3. The number of amides is 2. The fraction of sp³-hybridized carbons (Fsp3) is 0.364. The average Bonchev–Trinajstić information content (AvgIpc) is 2.70. The fourth-order valence-corrected chi connectivity index (χ4v) is 2.99. The van der Waals surface area contributed by atoms with E-state index >= 15 is 0 Å². The number of ether oxygens (including phenoxy) is 1. The third kappa shape index (κ3) is 6.39. The average molecular weight is 383 g/mol. The lowest BCUT2D eigenvalue weighted by Crippen LogP contribution is -2.45. The van der Waals surface area contributed by atoms with Gasteiger partial charge >= 0.3 is 6.03 Å². The number of nitrogens with two attached hydrogens (primary N) is 1. The van der Waals surface area contributed by atoms with Crippen LogP contribution in [0.1, 0.15) is 23.6 Å². The summed E-state index contributed by atoms with van der Waals surface area (Å²) in [6.07, 6.45) is 1.70. The molecule has 0 saturated heterocycles. The molecule has 0 fully saturated rings. The first-order valence-electron chi connectivity index (χ1n) is 9.57. The van der Waals surface area contributed by atoms with E-state index in [0.717, 1.165) is 29.7 Å². The van der Waals surface area contributed by atoms with E-state index in [-0.39, 0.29) is 12.0 Å². The molecule has 0 aliphatic heterocycles. The van der Waals surface area contributed by atoms with E-state index in [1.165, 1.54) is 5.56 Å². The molecule has 28 heavy (non-hydrogen) atoms. The van der Waals surface area contributed by atoms with Gasteiger partial charge < -0.3 is 10.5 Å². The second-order valence-corrected chi connectivity index (χ2v) is 6.54. The van der Waals surface area contributed by atoms with Crippen molar-refractivity contribution < 1.29 is 9.53 Å². The lowest BCUT2D eigenvalue weighted by molar-refractivity contribution is 0.145. The van der Waals surface area contributed by atoms with E-state index in [4.69, 9.17) is 10.5 Å². The Morgan fingerprint density at radius 3 is 2.61 bits per heavy atom. The van der Waals surface area contributed by atoms with Crippen LogP contribution in [0.5, 0.6) is 0 Å². The van der Waals surface area contributed by atoms with Crippen LogP contribution >= 0.6 is 0 Å². The number of aliphatic imine (C=N–C) groups is 1. The standard InChI is InChI=1S/C22H30N4O2/c1-4-19-12-8-9-17(2)20(19)26(3)22(27)25-21(23)24-14-16-28-15-13-18-10-6-5-7-11-18/h5-12H,4,13-16H2,1-3H3,(H3,23,24,25,27). The minimum Gasteiger partial charge on any atom is -0.379 e. The number of benzene rings is 2. The summed E-state index contributed by atoms with van der Waals surface area (Å²) >= 11 is 0. The SMILES string of the molecule is CCc1cccc(C)c1N(C)C(=O)NC(N)=NCCOCCc1ccccc1. The Morgan fingerprint density at radius 1 is 1.14 bits per heavy atom. The van der Waals surface area contributed by atoms with Gasteiger partial charge in [-0.15, -0.1) is 0 Å². The molecule has 0 aliphatic rings. The van der Waals surface area contributed by atoms with Crippen molar-refractivity contribution in [1.82, 2.24) is 5.32 Å². The zero-order chi connectivity index (χ0) is 20.4. The maximum atomic E-state index is 12.5. The molecule has 0 atom stereocenters. The minimum atomic E-state index is -0.310. The molecule has 6 nitrogen and oxygen atoms in total. The molecule has 0 radical (unpaired) electrons. The summed E-state index contributed by atoms with van der Waals surface area (Å²) in [6, 6.07) is 15.9. The second-order valence-electron chi connectivity index (χ2n) is 6.54. The molecule has 0 unspecified atom stereocenters. The normalized spacial score (nSPS) is 11.3. The molecular formula is C22H30N4O2. The molecule has 150 valence electrons. The summed E-state index contributed by atoms with van der Waals surface area (Å²) in [5.41, 5.74) is 10.1. The molecule has 6 heteroatoms. The van der Waals surface area contributed by atoms with Crippen molar-refractivity contribution in [3.8, 4) is 0 Å². The van der Waals surface area contributed by atoms with Gasteiger partial charge in [-0.25, -0.2) is 4.79 Å². The number of nitrogens with zero attached hydrogens (tertiary/aromatic N) is 2. The first-order chi connectivity index (χ1) is 13.5. The highest BCUT2D eigenvalue weighted by Gasteiger charge is 2.16. The second kappa shape index (κ2) is 11.1. The molecule has 2 rings (SSSR count). The van der Waals surface area contributed by atoms with Gasteiger partial charge in [0.15, 0.2) is 5.96 Å². The van der Waals surface area contributed by atoms with Crippen molar-refractivity contribution in [2.75, 3.05) is 31.7 Å². The number of rotatable bonds is 8. The van der Waals surface area contributed by atoms with E-state index in [9.17, 15) is 4.79 Å². The quantitative estimate of drug-likeness (QED) is 0.418. The zero-order valence-electron chi connectivity index (χ0n) is 16.9. The number of urea groups is 1. The number of nitrogens with one attached hydrogen (secondary N) is 1. The van der Waals surface area contributed by atoms with E-state index in [1.807, 2.05) is 43.3 Å². The molecule has 0 saturated carbocycles. The van der Waals surface area contributed by atoms with Crippen LogP contribution in [0, 0.1) is 6.92 Å². The van der Waals surface area contributed by atoms with Crippen molar-refractivity contribution in [3.05, 3.63) is 65.2 Å². The topological polar surface area (TPSA) is 80.0 Å². The number of hydrogen-bond donors (Lipinski definition) is 2. The summed E-state index contributed by atoms with van der Waals surface area (Å²) < 4.78 is 5.57. The van der Waals surface area contributed by atoms with Gasteiger partial charge in [-0.1, -0.05) is 55.5 Å². The fourth-order valence-electron chi connectivity index (χ4n) is 2.99. The molecule has 2 aromatic carbocycles. The van der Waals surface area contributed by atoms with Crippen molar-refractivity contribution in [3.63, 3.8) is 0 Å². The molecule has 3 N–H and O–H groups in total. The number of carbonyl (C=O) groups is 1. The molecule has 2 amide bonds. The number of anilines is 1. The largest absolute Gasteiger partial charge is 0.379 e. The van der Waals surface area contributed by atoms with Gasteiger partial charge in [0.25, 0.3) is 0 Å². The van der Waals surface area contributed by atoms with Gasteiger partial charge in [0.1, 0.15) is 0 Å². The van der Waals surface area contributed by atoms with Crippen LogP contribution < -0.4 is 16.0 Å². The number of guanidine groups is 1. The number of para-hydroxylation sites is 1. The van der Waals surface area contributed by atoms with Crippen LogP contribution in [0.2, 0.25) is 0 Å². The van der Waals surface area contributed by atoms with Crippen LogP contribution in [0.15, 0.2) is 53.5 Å². The van der Waals surface area contributed by atoms with Gasteiger partial charge in [0.05, 0.1) is 25.4 Å². The highest BCUT2D eigenvalue weighted by atomic mass is 16.5. The molecule has 0 bridgehead atoms. The molecular weight excluding hydrogens is 352 g/mol. The van der Waals surface area contributed by atoms with Gasteiger partial charge in [-0.3, -0.25) is 15.2 Å². The van der Waals surface area contributed by atoms with E-state index in [0.29, 0.717) is 19.8 Å². The van der Waals surface area contributed by atoms with Crippen molar-refractivity contribution in [2.24, 2.45) is 10.7 Å². The van der Waals surface area contributed by atoms with Crippen molar-refractivity contribution in [2.45, 2.75) is 26.7 Å². The first kappa shape index (κ1) is 21.4. The van der Waals surface area contributed by atoms with Crippen LogP contribution in [0.25, 0.3) is 0 Å². The highest BCUT2D eigenvalue weighted by Crippen LogP contribution is 2.24. The van der Waals surface area contributed by atoms with Crippen LogP contribution in [0.3, 0.4) is 0 Å². The maximum absolute atomic E-state index is 12.5. The highest BCUT2D eigenvalue weighted by molar-refractivity contribution is 6.03. The van der Waals surface area contributed by atoms with Crippen LogP contribution in [-0.2, 0) is 17.6 Å². The van der Waals surface area contributed by atoms with Gasteiger partial charge in [0, 0.05) is 7.05 Å². The summed E-state index contributed by atoms with van der Waals surface area (Å²) in [7, 11) is 1.73. The predicted octanol–water partition coefficient (Wildman–Crippen LogP) is 3.28.